The van der Waals surface area contributed by atoms with Crippen LogP contribution in [0.2, 0.25) is 0 Å². The van der Waals surface area contributed by atoms with Crippen molar-refractivity contribution < 1.29 is 4.79 Å². The standard InChI is InChI=1S/C11H19N5OS/c1-18-11(5-3-2-4-6-11)7-13-9(17)8-14-10(12)16-15-8/h2-7H2,1H3,(H,13,17)(H3,12,14,15,16). The smallest absolute Gasteiger partial charge is 0.288 e. The Bertz CT molecular complexity index is 413. The van der Waals surface area contributed by atoms with E-state index in [0.29, 0.717) is 6.54 Å². The molecule has 2 rings (SSSR count). The number of carbonyl (C=O) groups is 1. The zero-order valence-electron chi connectivity index (χ0n) is 10.5. The number of thioether (sulfide) groups is 1. The molecule has 7 heteroatoms. The topological polar surface area (TPSA) is 96.7 Å². The summed E-state index contributed by atoms with van der Waals surface area (Å²) in [5.41, 5.74) is 5.37. The van der Waals surface area contributed by atoms with Crippen LogP contribution in [0.25, 0.3) is 0 Å². The number of hydrogen-bond acceptors (Lipinski definition) is 5. The van der Waals surface area contributed by atoms with E-state index in [4.69, 9.17) is 5.73 Å². The number of rotatable bonds is 4. The monoisotopic (exact) mass is 269 g/mol. The second kappa shape index (κ2) is 5.60. The summed E-state index contributed by atoms with van der Waals surface area (Å²) in [6.45, 7) is 0.674. The molecule has 1 aromatic heterocycles. The maximum absolute atomic E-state index is 11.8. The molecule has 0 unspecified atom stereocenters. The lowest BCUT2D eigenvalue weighted by atomic mass is 9.88. The van der Waals surface area contributed by atoms with E-state index in [0.717, 1.165) is 12.8 Å². The molecule has 4 N–H and O–H groups in total. The normalized spacial score (nSPS) is 18.5. The summed E-state index contributed by atoms with van der Waals surface area (Å²) in [6, 6.07) is 0. The number of nitrogens with zero attached hydrogens (tertiary/aromatic N) is 2. The van der Waals surface area contributed by atoms with Gasteiger partial charge in [0.15, 0.2) is 0 Å². The van der Waals surface area contributed by atoms with Gasteiger partial charge in [0.05, 0.1) is 0 Å². The molecule has 6 nitrogen and oxygen atoms in total. The van der Waals surface area contributed by atoms with Crippen LogP contribution in [0.1, 0.15) is 42.7 Å². The highest BCUT2D eigenvalue weighted by Crippen LogP contribution is 2.37. The average molecular weight is 269 g/mol. The van der Waals surface area contributed by atoms with Gasteiger partial charge in [-0.25, -0.2) is 0 Å². The second-order valence-electron chi connectivity index (χ2n) is 4.67. The third kappa shape index (κ3) is 2.95. The summed E-state index contributed by atoms with van der Waals surface area (Å²) in [5.74, 6) is 0.0372. The van der Waals surface area contributed by atoms with Crippen molar-refractivity contribution in [3.63, 3.8) is 0 Å². The van der Waals surface area contributed by atoms with Crippen LogP contribution in [-0.4, -0.2) is 38.6 Å². The van der Waals surface area contributed by atoms with Crippen molar-refractivity contribution in [2.24, 2.45) is 0 Å². The molecule has 0 aliphatic heterocycles. The lowest BCUT2D eigenvalue weighted by molar-refractivity contribution is 0.0937. The molecule has 0 radical (unpaired) electrons. The Hall–Kier alpha value is -1.24. The number of amides is 1. The molecule has 0 saturated heterocycles. The van der Waals surface area contributed by atoms with Crippen LogP contribution >= 0.6 is 11.8 Å². The van der Waals surface area contributed by atoms with E-state index in [9.17, 15) is 4.79 Å². The average Bonchev–Trinajstić information content (AvgIpc) is 2.84. The van der Waals surface area contributed by atoms with Gasteiger partial charge in [0.1, 0.15) is 0 Å². The zero-order chi connectivity index (χ0) is 13.0. The van der Waals surface area contributed by atoms with Gasteiger partial charge in [0, 0.05) is 11.3 Å². The van der Waals surface area contributed by atoms with Gasteiger partial charge in [-0.3, -0.25) is 9.89 Å². The van der Waals surface area contributed by atoms with Gasteiger partial charge in [0.2, 0.25) is 11.8 Å². The highest BCUT2D eigenvalue weighted by molar-refractivity contribution is 8.00. The van der Waals surface area contributed by atoms with Gasteiger partial charge < -0.3 is 11.1 Å². The molecule has 18 heavy (non-hydrogen) atoms. The van der Waals surface area contributed by atoms with Crippen molar-refractivity contribution in [2.45, 2.75) is 36.9 Å². The number of nitrogens with one attached hydrogen (secondary N) is 2. The van der Waals surface area contributed by atoms with Gasteiger partial charge in [-0.15, -0.1) is 5.10 Å². The fourth-order valence-electron chi connectivity index (χ4n) is 2.35. The molecular formula is C11H19N5OS. The lowest BCUT2D eigenvalue weighted by Gasteiger charge is -2.35. The number of H-pyrrole nitrogens is 1. The summed E-state index contributed by atoms with van der Waals surface area (Å²) in [4.78, 5) is 15.7. The van der Waals surface area contributed by atoms with Gasteiger partial charge in [0.25, 0.3) is 5.91 Å². The number of hydrogen-bond donors (Lipinski definition) is 3. The highest BCUT2D eigenvalue weighted by Gasteiger charge is 2.31. The molecule has 1 saturated carbocycles. The fraction of sp³-hybridized carbons (Fsp3) is 0.727. The van der Waals surface area contributed by atoms with E-state index in [1.54, 1.807) is 0 Å². The molecule has 0 atom stereocenters. The molecule has 1 aliphatic rings. The third-order valence-corrected chi connectivity index (χ3v) is 4.91. The SMILES string of the molecule is CSC1(CNC(=O)c2nc(N)n[nH]2)CCCCC1. The van der Waals surface area contributed by atoms with E-state index < -0.39 is 0 Å². The summed E-state index contributed by atoms with van der Waals surface area (Å²) >= 11 is 1.85. The molecule has 100 valence electrons. The van der Waals surface area contributed by atoms with Crippen molar-refractivity contribution in [1.29, 1.82) is 0 Å². The molecule has 1 heterocycles. The highest BCUT2D eigenvalue weighted by atomic mass is 32.2. The van der Waals surface area contributed by atoms with E-state index in [1.165, 1.54) is 19.3 Å². The molecule has 1 aromatic rings. The van der Waals surface area contributed by atoms with Gasteiger partial charge in [-0.05, 0) is 19.1 Å². The molecule has 1 aliphatic carbocycles. The Balaban J connectivity index is 1.91. The Labute approximate surface area is 111 Å². The summed E-state index contributed by atoms with van der Waals surface area (Å²) < 4.78 is 0.180. The first-order valence-electron chi connectivity index (χ1n) is 6.16. The molecule has 0 aromatic carbocycles. The van der Waals surface area contributed by atoms with E-state index in [1.807, 2.05) is 11.8 Å². The molecular weight excluding hydrogens is 250 g/mol. The van der Waals surface area contributed by atoms with Crippen LogP contribution in [0.4, 0.5) is 5.95 Å². The largest absolute Gasteiger partial charge is 0.366 e. The Morgan fingerprint density at radius 3 is 2.78 bits per heavy atom. The summed E-state index contributed by atoms with van der Waals surface area (Å²) in [7, 11) is 0. The zero-order valence-corrected chi connectivity index (χ0v) is 11.3. The van der Waals surface area contributed by atoms with Gasteiger partial charge in [-0.1, -0.05) is 19.3 Å². The number of carbonyl (C=O) groups excluding carboxylic acids is 1. The minimum Gasteiger partial charge on any atom is -0.366 e. The first-order chi connectivity index (χ1) is 8.65. The summed E-state index contributed by atoms with van der Waals surface area (Å²) in [5, 5.41) is 9.09. The Morgan fingerprint density at radius 1 is 1.50 bits per heavy atom. The van der Waals surface area contributed by atoms with Crippen molar-refractivity contribution >= 4 is 23.6 Å². The number of aromatic nitrogens is 3. The van der Waals surface area contributed by atoms with Crippen molar-refractivity contribution in [1.82, 2.24) is 20.5 Å². The van der Waals surface area contributed by atoms with Crippen LogP contribution in [0.3, 0.4) is 0 Å². The quantitative estimate of drug-likeness (QED) is 0.762. The van der Waals surface area contributed by atoms with Crippen molar-refractivity contribution in [3.8, 4) is 0 Å². The molecule has 0 spiro atoms. The Morgan fingerprint density at radius 2 is 2.22 bits per heavy atom. The summed E-state index contributed by atoms with van der Waals surface area (Å²) in [6.07, 6.45) is 8.22. The van der Waals surface area contributed by atoms with Crippen LogP contribution < -0.4 is 11.1 Å². The number of nitrogens with two attached hydrogens (primary N) is 1. The van der Waals surface area contributed by atoms with Gasteiger partial charge >= 0.3 is 0 Å². The van der Waals surface area contributed by atoms with E-state index >= 15 is 0 Å². The minimum atomic E-state index is -0.238. The number of anilines is 1. The molecule has 1 fully saturated rings. The number of nitrogen functional groups attached to an aromatic ring is 1. The first kappa shape index (κ1) is 13.2. The predicted molar refractivity (Wildman–Crippen MR) is 72.5 cm³/mol. The first-order valence-corrected chi connectivity index (χ1v) is 7.39. The van der Waals surface area contributed by atoms with Crippen LogP contribution in [0.5, 0.6) is 0 Å². The number of aromatic amines is 1. The molecule has 1 amide bonds. The van der Waals surface area contributed by atoms with E-state index in [2.05, 4.69) is 26.8 Å². The fourth-order valence-corrected chi connectivity index (χ4v) is 3.26. The predicted octanol–water partition coefficient (Wildman–Crippen LogP) is 1.18. The van der Waals surface area contributed by atoms with Crippen LogP contribution in [0, 0.1) is 0 Å². The van der Waals surface area contributed by atoms with Crippen LogP contribution in [-0.2, 0) is 0 Å². The Kier molecular flexibility index (Phi) is 4.11. The third-order valence-electron chi connectivity index (χ3n) is 3.49. The maximum Gasteiger partial charge on any atom is 0.288 e. The van der Waals surface area contributed by atoms with Gasteiger partial charge in [-0.2, -0.15) is 16.7 Å². The lowest BCUT2D eigenvalue weighted by Crippen LogP contribution is -2.42. The van der Waals surface area contributed by atoms with E-state index in [-0.39, 0.29) is 22.4 Å². The molecule has 0 bridgehead atoms. The van der Waals surface area contributed by atoms with Crippen molar-refractivity contribution in [3.05, 3.63) is 5.82 Å². The van der Waals surface area contributed by atoms with Crippen LogP contribution in [0.15, 0.2) is 0 Å². The minimum absolute atomic E-state index is 0.0948. The maximum atomic E-state index is 11.8. The van der Waals surface area contributed by atoms with Crippen molar-refractivity contribution in [2.75, 3.05) is 18.5 Å². The second-order valence-corrected chi connectivity index (χ2v) is 5.95.